The number of nitrogens with zero attached hydrogens (tertiary/aromatic N) is 1. The largest absolute Gasteiger partial charge is 0.389 e. The fourth-order valence-electron chi connectivity index (χ4n) is 2.12. The van der Waals surface area contributed by atoms with Crippen molar-refractivity contribution < 1.29 is 9.84 Å². The van der Waals surface area contributed by atoms with Crippen molar-refractivity contribution in [1.82, 2.24) is 4.90 Å². The topological polar surface area (TPSA) is 32.7 Å². The van der Waals surface area contributed by atoms with Gasteiger partial charge in [-0.1, -0.05) is 19.8 Å². The molecule has 0 spiro atoms. The molecule has 1 fully saturated rings. The highest BCUT2D eigenvalue weighted by Crippen LogP contribution is 2.17. The van der Waals surface area contributed by atoms with Gasteiger partial charge in [0, 0.05) is 6.54 Å². The molecule has 3 nitrogen and oxygen atoms in total. The molecule has 0 saturated carbocycles. The van der Waals surface area contributed by atoms with Gasteiger partial charge in [-0.25, -0.2) is 0 Å². The zero-order valence-corrected chi connectivity index (χ0v) is 12.0. The van der Waals surface area contributed by atoms with Gasteiger partial charge in [-0.15, -0.1) is 6.42 Å². The van der Waals surface area contributed by atoms with E-state index in [4.69, 9.17) is 11.2 Å². The first-order valence-electron chi connectivity index (χ1n) is 7.01. The highest BCUT2D eigenvalue weighted by atomic mass is 16.5. The van der Waals surface area contributed by atoms with Crippen LogP contribution in [0.25, 0.3) is 0 Å². The van der Waals surface area contributed by atoms with Crippen LogP contribution in [0.5, 0.6) is 0 Å². The predicted octanol–water partition coefficient (Wildman–Crippen LogP) is 1.90. The molecule has 2 atom stereocenters. The van der Waals surface area contributed by atoms with Crippen LogP contribution in [0.4, 0.5) is 0 Å². The number of aliphatic hydroxyl groups is 1. The van der Waals surface area contributed by atoms with E-state index in [9.17, 15) is 5.11 Å². The Hall–Kier alpha value is -0.560. The van der Waals surface area contributed by atoms with Crippen LogP contribution in [0.3, 0.4) is 0 Å². The Morgan fingerprint density at radius 2 is 2.11 bits per heavy atom. The molecular weight excluding hydrogens is 226 g/mol. The molecule has 0 radical (unpaired) electrons. The third-order valence-corrected chi connectivity index (χ3v) is 3.92. The third kappa shape index (κ3) is 4.97. The summed E-state index contributed by atoms with van der Waals surface area (Å²) in [5.41, 5.74) is -0.544. The van der Waals surface area contributed by atoms with Gasteiger partial charge >= 0.3 is 0 Å². The Morgan fingerprint density at radius 3 is 2.61 bits per heavy atom. The van der Waals surface area contributed by atoms with Crippen molar-refractivity contribution in [2.24, 2.45) is 5.92 Å². The number of ether oxygens (including phenoxy) is 1. The minimum Gasteiger partial charge on any atom is -0.389 e. The molecule has 18 heavy (non-hydrogen) atoms. The summed E-state index contributed by atoms with van der Waals surface area (Å²) in [6.07, 6.45) is 8.20. The zero-order valence-electron chi connectivity index (χ0n) is 12.0. The molecule has 0 unspecified atom stereocenters. The second-order valence-electron chi connectivity index (χ2n) is 5.68. The second kappa shape index (κ2) is 7.13. The van der Waals surface area contributed by atoms with E-state index in [0.717, 1.165) is 25.4 Å². The standard InChI is InChI=1S/C15H27NO2/c1-5-15(4,6-2)18-12-14(17)11-16-9-7-13(3)8-10-16/h1,13-14,17H,6-12H2,2-4H3/t14-,15+/m1/s1. The summed E-state index contributed by atoms with van der Waals surface area (Å²) in [5, 5.41) is 9.99. The Bertz CT molecular complexity index is 279. The summed E-state index contributed by atoms with van der Waals surface area (Å²) < 4.78 is 5.64. The van der Waals surface area contributed by atoms with Crippen molar-refractivity contribution >= 4 is 0 Å². The van der Waals surface area contributed by atoms with Crippen LogP contribution in [0.2, 0.25) is 0 Å². The summed E-state index contributed by atoms with van der Waals surface area (Å²) in [4.78, 5) is 2.31. The van der Waals surface area contributed by atoms with Crippen molar-refractivity contribution in [2.75, 3.05) is 26.2 Å². The van der Waals surface area contributed by atoms with E-state index in [1.54, 1.807) is 0 Å². The molecule has 1 saturated heterocycles. The number of β-amino-alcohol motifs (C(OH)–C–C–N with tert-alkyl or cyclic N) is 1. The lowest BCUT2D eigenvalue weighted by Crippen LogP contribution is -2.41. The molecule has 3 heteroatoms. The molecule has 104 valence electrons. The molecule has 0 aliphatic carbocycles. The summed E-state index contributed by atoms with van der Waals surface area (Å²) in [6.45, 7) is 9.35. The minimum atomic E-state index is -0.544. The van der Waals surface area contributed by atoms with Gasteiger partial charge in [0.25, 0.3) is 0 Å². The van der Waals surface area contributed by atoms with Gasteiger partial charge in [-0.2, -0.15) is 0 Å². The van der Waals surface area contributed by atoms with Crippen molar-refractivity contribution in [3.8, 4) is 12.3 Å². The first-order valence-corrected chi connectivity index (χ1v) is 7.01. The molecule has 0 aromatic carbocycles. The number of likely N-dealkylation sites (tertiary alicyclic amines) is 1. The third-order valence-electron chi connectivity index (χ3n) is 3.92. The van der Waals surface area contributed by atoms with Gasteiger partial charge < -0.3 is 14.7 Å². The van der Waals surface area contributed by atoms with Gasteiger partial charge in [0.15, 0.2) is 0 Å². The first kappa shape index (κ1) is 15.5. The number of aliphatic hydroxyl groups excluding tert-OH is 1. The van der Waals surface area contributed by atoms with Crippen LogP contribution in [0.1, 0.15) is 40.0 Å². The number of piperidine rings is 1. The number of hydrogen-bond donors (Lipinski definition) is 1. The van der Waals surface area contributed by atoms with Crippen molar-refractivity contribution in [3.05, 3.63) is 0 Å². The van der Waals surface area contributed by atoms with E-state index < -0.39 is 11.7 Å². The van der Waals surface area contributed by atoms with E-state index in [0.29, 0.717) is 13.2 Å². The second-order valence-corrected chi connectivity index (χ2v) is 5.68. The molecule has 1 rings (SSSR count). The van der Waals surface area contributed by atoms with Gasteiger partial charge in [0.1, 0.15) is 5.60 Å². The van der Waals surface area contributed by atoms with Crippen molar-refractivity contribution in [2.45, 2.75) is 51.7 Å². The molecule has 0 amide bonds. The van der Waals surface area contributed by atoms with Crippen LogP contribution < -0.4 is 0 Å². The maximum Gasteiger partial charge on any atom is 0.125 e. The number of terminal acetylenes is 1. The maximum atomic E-state index is 9.99. The first-order chi connectivity index (χ1) is 8.49. The quantitative estimate of drug-likeness (QED) is 0.734. The summed E-state index contributed by atoms with van der Waals surface area (Å²) in [6, 6.07) is 0. The van der Waals surface area contributed by atoms with Crippen molar-refractivity contribution in [3.63, 3.8) is 0 Å². The SMILES string of the molecule is C#C[C@@](C)(CC)OC[C@H](O)CN1CCC(C)CC1. The Kier molecular flexibility index (Phi) is 6.14. The maximum absolute atomic E-state index is 9.99. The summed E-state index contributed by atoms with van der Waals surface area (Å²) in [5.74, 6) is 3.46. The van der Waals surface area contributed by atoms with Crippen LogP contribution in [0, 0.1) is 18.3 Å². The van der Waals surface area contributed by atoms with Gasteiger partial charge in [0.2, 0.25) is 0 Å². The molecule has 0 aromatic heterocycles. The number of rotatable bonds is 6. The van der Waals surface area contributed by atoms with E-state index in [1.807, 2.05) is 13.8 Å². The summed E-state index contributed by atoms with van der Waals surface area (Å²) >= 11 is 0. The molecule has 1 heterocycles. The van der Waals surface area contributed by atoms with Crippen LogP contribution in [0.15, 0.2) is 0 Å². The molecule has 1 N–H and O–H groups in total. The number of hydrogen-bond acceptors (Lipinski definition) is 3. The molecule has 1 aliphatic heterocycles. The van der Waals surface area contributed by atoms with E-state index in [1.165, 1.54) is 12.8 Å². The molecule has 1 aliphatic rings. The highest BCUT2D eigenvalue weighted by Gasteiger charge is 2.23. The monoisotopic (exact) mass is 253 g/mol. The fourth-order valence-corrected chi connectivity index (χ4v) is 2.12. The van der Waals surface area contributed by atoms with Crippen LogP contribution in [-0.2, 0) is 4.74 Å². The lowest BCUT2D eigenvalue weighted by Gasteiger charge is -2.32. The van der Waals surface area contributed by atoms with Gasteiger partial charge in [0.05, 0.1) is 12.7 Å². The van der Waals surface area contributed by atoms with Crippen molar-refractivity contribution in [1.29, 1.82) is 0 Å². The van der Waals surface area contributed by atoms with E-state index >= 15 is 0 Å². The van der Waals surface area contributed by atoms with Gasteiger partial charge in [-0.3, -0.25) is 0 Å². The van der Waals surface area contributed by atoms with Crippen LogP contribution >= 0.6 is 0 Å². The average Bonchev–Trinajstić information content (AvgIpc) is 2.39. The summed E-state index contributed by atoms with van der Waals surface area (Å²) in [7, 11) is 0. The van der Waals surface area contributed by atoms with Gasteiger partial charge in [-0.05, 0) is 45.2 Å². The van der Waals surface area contributed by atoms with E-state index in [2.05, 4.69) is 17.7 Å². The molecule has 0 aromatic rings. The zero-order chi connectivity index (χ0) is 13.6. The fraction of sp³-hybridized carbons (Fsp3) is 0.867. The average molecular weight is 253 g/mol. The Morgan fingerprint density at radius 1 is 1.50 bits per heavy atom. The minimum absolute atomic E-state index is 0.320. The molecular formula is C15H27NO2. The smallest absolute Gasteiger partial charge is 0.125 e. The Balaban J connectivity index is 2.25. The molecule has 0 bridgehead atoms. The lowest BCUT2D eigenvalue weighted by atomic mass is 9.99. The highest BCUT2D eigenvalue weighted by molar-refractivity contribution is 5.05. The lowest BCUT2D eigenvalue weighted by molar-refractivity contribution is -0.0489. The predicted molar refractivity (Wildman–Crippen MR) is 74.3 cm³/mol. The van der Waals surface area contributed by atoms with E-state index in [-0.39, 0.29) is 0 Å². The normalized spacial score (nSPS) is 23.3. The Labute approximate surface area is 112 Å². The van der Waals surface area contributed by atoms with Crippen LogP contribution in [-0.4, -0.2) is 48.0 Å².